The number of methoxy groups -OCH3 is 1. The summed E-state index contributed by atoms with van der Waals surface area (Å²) in [5.74, 6) is -2.31. The second-order valence-electron chi connectivity index (χ2n) is 5.07. The zero-order valence-corrected chi connectivity index (χ0v) is 13.1. The van der Waals surface area contributed by atoms with Gasteiger partial charge in [0, 0.05) is 19.2 Å². The molecule has 0 bridgehead atoms. The molecular weight excluding hydrogens is 314 g/mol. The number of hydrogen-bond acceptors (Lipinski definition) is 6. The van der Waals surface area contributed by atoms with Crippen LogP contribution in [0.3, 0.4) is 0 Å². The van der Waals surface area contributed by atoms with Gasteiger partial charge in [0.05, 0.1) is 13.0 Å². The zero-order valence-electron chi connectivity index (χ0n) is 12.2. The molecule has 1 atom stereocenters. The average Bonchev–Trinajstić information content (AvgIpc) is 2.89. The lowest BCUT2D eigenvalue weighted by molar-refractivity contribution is -0.142. The third-order valence-electron chi connectivity index (χ3n) is 3.63. The van der Waals surface area contributed by atoms with E-state index in [1.807, 2.05) is 0 Å². The SMILES string of the molecule is COC(=O)c1cc(S(=O)(=O)N2CCC[C@H](C(=O)O)C2)oc1C. The summed E-state index contributed by atoms with van der Waals surface area (Å²) in [5.41, 5.74) is 0.0351. The molecule has 22 heavy (non-hydrogen) atoms. The molecule has 1 aromatic heterocycles. The van der Waals surface area contributed by atoms with Crippen LogP contribution in [0.2, 0.25) is 0 Å². The number of nitrogens with zero attached hydrogens (tertiary/aromatic N) is 1. The predicted octanol–water partition coefficient (Wildman–Crippen LogP) is 0.860. The quantitative estimate of drug-likeness (QED) is 0.814. The maximum atomic E-state index is 12.5. The highest BCUT2D eigenvalue weighted by Crippen LogP contribution is 2.27. The Morgan fingerprint density at radius 1 is 1.45 bits per heavy atom. The minimum Gasteiger partial charge on any atom is -0.481 e. The molecule has 0 radical (unpaired) electrons. The van der Waals surface area contributed by atoms with Gasteiger partial charge in [0.15, 0.2) is 0 Å². The van der Waals surface area contributed by atoms with E-state index in [1.54, 1.807) is 0 Å². The number of carbonyl (C=O) groups is 2. The van der Waals surface area contributed by atoms with Crippen LogP contribution in [-0.4, -0.2) is 50.0 Å². The Kier molecular flexibility index (Phi) is 4.57. The normalized spacial score (nSPS) is 19.8. The highest BCUT2D eigenvalue weighted by molar-refractivity contribution is 7.89. The van der Waals surface area contributed by atoms with E-state index < -0.39 is 27.9 Å². The van der Waals surface area contributed by atoms with Gasteiger partial charge in [0.25, 0.3) is 10.0 Å². The molecule has 1 N–H and O–H groups in total. The number of rotatable bonds is 4. The number of carbonyl (C=O) groups excluding carboxylic acids is 1. The fourth-order valence-electron chi connectivity index (χ4n) is 2.38. The lowest BCUT2D eigenvalue weighted by Gasteiger charge is -2.28. The van der Waals surface area contributed by atoms with Crippen LogP contribution in [0.25, 0.3) is 0 Å². The van der Waals surface area contributed by atoms with Crippen LogP contribution in [0.1, 0.15) is 29.0 Å². The molecular formula is C13H17NO7S. The monoisotopic (exact) mass is 331 g/mol. The van der Waals surface area contributed by atoms with Crippen molar-refractivity contribution in [1.82, 2.24) is 4.31 Å². The fraction of sp³-hybridized carbons (Fsp3) is 0.538. The van der Waals surface area contributed by atoms with Crippen molar-refractivity contribution >= 4 is 22.0 Å². The molecule has 1 aliphatic heterocycles. The maximum Gasteiger partial charge on any atom is 0.341 e. The average molecular weight is 331 g/mol. The van der Waals surface area contributed by atoms with Gasteiger partial charge in [-0.1, -0.05) is 0 Å². The van der Waals surface area contributed by atoms with E-state index >= 15 is 0 Å². The predicted molar refractivity (Wildman–Crippen MR) is 73.9 cm³/mol. The Balaban J connectivity index is 2.30. The minimum atomic E-state index is -3.98. The van der Waals surface area contributed by atoms with Crippen molar-refractivity contribution in [2.45, 2.75) is 24.9 Å². The molecule has 1 fully saturated rings. The molecule has 0 amide bonds. The molecule has 0 aromatic carbocycles. The molecule has 8 nitrogen and oxygen atoms in total. The van der Waals surface area contributed by atoms with Gasteiger partial charge in [-0.15, -0.1) is 0 Å². The highest BCUT2D eigenvalue weighted by atomic mass is 32.2. The van der Waals surface area contributed by atoms with Crippen LogP contribution in [-0.2, 0) is 19.6 Å². The third-order valence-corrected chi connectivity index (χ3v) is 5.35. The van der Waals surface area contributed by atoms with Gasteiger partial charge in [-0.05, 0) is 19.8 Å². The Labute approximate surface area is 127 Å². The topological polar surface area (TPSA) is 114 Å². The zero-order chi connectivity index (χ0) is 16.5. The fourth-order valence-corrected chi connectivity index (χ4v) is 3.88. The van der Waals surface area contributed by atoms with Crippen LogP contribution < -0.4 is 0 Å². The summed E-state index contributed by atoms with van der Waals surface area (Å²) in [5, 5.41) is 8.66. The Morgan fingerprint density at radius 3 is 2.73 bits per heavy atom. The smallest absolute Gasteiger partial charge is 0.341 e. The van der Waals surface area contributed by atoms with E-state index in [-0.39, 0.29) is 29.5 Å². The summed E-state index contributed by atoms with van der Waals surface area (Å²) in [6.07, 6.45) is 0.895. The van der Waals surface area contributed by atoms with Gasteiger partial charge >= 0.3 is 11.9 Å². The lowest BCUT2D eigenvalue weighted by Crippen LogP contribution is -2.42. The number of aryl methyl sites for hydroxylation is 1. The van der Waals surface area contributed by atoms with Crippen molar-refractivity contribution in [2.75, 3.05) is 20.2 Å². The van der Waals surface area contributed by atoms with Gasteiger partial charge in [-0.2, -0.15) is 4.31 Å². The number of hydrogen-bond donors (Lipinski definition) is 1. The molecule has 0 aliphatic carbocycles. The third kappa shape index (κ3) is 3.00. The molecule has 0 unspecified atom stereocenters. The van der Waals surface area contributed by atoms with Crippen LogP contribution in [0.4, 0.5) is 0 Å². The molecule has 2 rings (SSSR count). The summed E-state index contributed by atoms with van der Waals surface area (Å²) in [6.45, 7) is 1.58. The molecule has 1 aromatic rings. The van der Waals surface area contributed by atoms with Crippen molar-refractivity contribution in [3.63, 3.8) is 0 Å². The van der Waals surface area contributed by atoms with E-state index in [0.717, 1.165) is 10.4 Å². The number of ether oxygens (including phenoxy) is 1. The van der Waals surface area contributed by atoms with Crippen LogP contribution in [0.5, 0.6) is 0 Å². The number of esters is 1. The summed E-state index contributed by atoms with van der Waals surface area (Å²) >= 11 is 0. The van der Waals surface area contributed by atoms with Crippen LogP contribution in [0, 0.1) is 12.8 Å². The molecule has 0 saturated carbocycles. The van der Waals surface area contributed by atoms with Crippen molar-refractivity contribution in [1.29, 1.82) is 0 Å². The van der Waals surface area contributed by atoms with E-state index in [0.29, 0.717) is 12.8 Å². The van der Waals surface area contributed by atoms with E-state index in [4.69, 9.17) is 9.52 Å². The standard InChI is InChI=1S/C13H17NO7S/c1-8-10(13(17)20-2)6-11(21-8)22(18,19)14-5-3-4-9(7-14)12(15)16/h6,9H,3-5,7H2,1-2H3,(H,15,16)/t9-/m0/s1. The maximum absolute atomic E-state index is 12.5. The molecule has 1 saturated heterocycles. The van der Waals surface area contributed by atoms with Gasteiger partial charge in [0.2, 0.25) is 5.09 Å². The van der Waals surface area contributed by atoms with Crippen molar-refractivity contribution in [3.05, 3.63) is 17.4 Å². The summed E-state index contributed by atoms with van der Waals surface area (Å²) < 4.78 is 35.8. The number of piperidine rings is 1. The first-order valence-electron chi connectivity index (χ1n) is 6.69. The van der Waals surface area contributed by atoms with E-state index in [1.165, 1.54) is 14.0 Å². The van der Waals surface area contributed by atoms with Gasteiger partial charge in [-0.25, -0.2) is 13.2 Å². The van der Waals surface area contributed by atoms with Crippen LogP contribution in [0.15, 0.2) is 15.6 Å². The van der Waals surface area contributed by atoms with Gasteiger partial charge in [0.1, 0.15) is 11.3 Å². The van der Waals surface area contributed by atoms with E-state index in [2.05, 4.69) is 4.74 Å². The highest BCUT2D eigenvalue weighted by Gasteiger charge is 2.36. The van der Waals surface area contributed by atoms with Crippen molar-refractivity contribution in [2.24, 2.45) is 5.92 Å². The number of carboxylic acids is 1. The minimum absolute atomic E-state index is 0.0351. The second-order valence-corrected chi connectivity index (χ2v) is 6.94. The number of sulfonamides is 1. The first-order valence-corrected chi connectivity index (χ1v) is 8.13. The first-order chi connectivity index (χ1) is 10.3. The second kappa shape index (κ2) is 6.09. The molecule has 122 valence electrons. The van der Waals surface area contributed by atoms with Crippen molar-refractivity contribution in [3.8, 4) is 0 Å². The number of furan rings is 1. The molecule has 9 heteroatoms. The van der Waals surface area contributed by atoms with Crippen LogP contribution >= 0.6 is 0 Å². The Hall–Kier alpha value is -1.87. The Morgan fingerprint density at radius 2 is 2.14 bits per heavy atom. The summed E-state index contributed by atoms with van der Waals surface area (Å²) in [6, 6.07) is 1.11. The molecule has 0 spiro atoms. The van der Waals surface area contributed by atoms with Gasteiger partial charge in [-0.3, -0.25) is 4.79 Å². The van der Waals surface area contributed by atoms with E-state index in [9.17, 15) is 18.0 Å². The largest absolute Gasteiger partial charge is 0.481 e. The summed E-state index contributed by atoms with van der Waals surface area (Å²) in [4.78, 5) is 22.6. The van der Waals surface area contributed by atoms with Gasteiger partial charge < -0.3 is 14.3 Å². The molecule has 2 heterocycles. The summed E-state index contributed by atoms with van der Waals surface area (Å²) in [7, 11) is -2.79. The number of carboxylic acid groups (broad SMARTS) is 1. The lowest BCUT2D eigenvalue weighted by atomic mass is 10.0. The number of aliphatic carboxylic acids is 1. The molecule has 1 aliphatic rings. The Bertz CT molecular complexity index is 691. The van der Waals surface area contributed by atoms with Crippen molar-refractivity contribution < 1.29 is 32.3 Å². The first kappa shape index (κ1) is 16.5.